The minimum atomic E-state index is -0.653. The molecule has 31 heavy (non-hydrogen) atoms. The van der Waals surface area contributed by atoms with E-state index in [1.54, 1.807) is 0 Å². The molecule has 0 bridgehead atoms. The van der Waals surface area contributed by atoms with Gasteiger partial charge in [-0.2, -0.15) is 0 Å². The van der Waals surface area contributed by atoms with Crippen molar-refractivity contribution in [2.75, 3.05) is 0 Å². The number of hydrogen-bond acceptors (Lipinski definition) is 5. The van der Waals surface area contributed by atoms with E-state index in [-0.39, 0.29) is 24.0 Å². The van der Waals surface area contributed by atoms with Crippen molar-refractivity contribution >= 4 is 11.8 Å². The lowest BCUT2D eigenvalue weighted by molar-refractivity contribution is -0.155. The van der Waals surface area contributed by atoms with Gasteiger partial charge in [0.15, 0.2) is 5.78 Å². The van der Waals surface area contributed by atoms with Crippen LogP contribution in [0.25, 0.3) is 0 Å². The van der Waals surface area contributed by atoms with Crippen molar-refractivity contribution in [2.24, 2.45) is 5.92 Å². The van der Waals surface area contributed by atoms with Crippen LogP contribution in [-0.4, -0.2) is 24.0 Å². The Labute approximate surface area is 184 Å². The van der Waals surface area contributed by atoms with Crippen LogP contribution in [0.2, 0.25) is 0 Å². The number of esters is 1. The number of Topliss-reactive ketones (excluding diaryl/α,β-unsaturated/α-hetero) is 1. The van der Waals surface area contributed by atoms with Gasteiger partial charge in [-0.25, -0.2) is 0 Å². The molecule has 1 N–H and O–H groups in total. The van der Waals surface area contributed by atoms with Gasteiger partial charge in [-0.1, -0.05) is 31.2 Å². The highest BCUT2D eigenvalue weighted by molar-refractivity contribution is 6.00. The van der Waals surface area contributed by atoms with Crippen LogP contribution in [0.15, 0.2) is 47.8 Å². The molecule has 2 unspecified atom stereocenters. The summed E-state index contributed by atoms with van der Waals surface area (Å²) in [6.45, 7) is 8.15. The molecule has 1 saturated carbocycles. The van der Waals surface area contributed by atoms with Crippen molar-refractivity contribution < 1.29 is 19.1 Å². The number of carbonyl (C=O) groups excluding carboxylic acids is 2. The van der Waals surface area contributed by atoms with E-state index < -0.39 is 11.8 Å². The molecule has 1 aromatic carbocycles. The molecule has 1 heterocycles. The van der Waals surface area contributed by atoms with E-state index in [1.807, 2.05) is 38.1 Å². The molecule has 0 saturated heterocycles. The third-order valence-electron chi connectivity index (χ3n) is 6.49. The van der Waals surface area contributed by atoms with Gasteiger partial charge in [0.25, 0.3) is 0 Å². The second-order valence-corrected chi connectivity index (χ2v) is 9.18. The molecule has 2 atom stereocenters. The second kappa shape index (κ2) is 9.29. The standard InChI is InChI=1S/C26H33NO4/c1-16(2)30-22-15-8-7-12-19(22)24-23(26(29)31-18-10-5-4-6-11-18)17(3)27-20-13-9-14-21(28)25(20)24/h7-8,12,15-16,18,23-24,27H,3-6,9-11,13-14H2,1-2H3. The molecule has 0 amide bonds. The summed E-state index contributed by atoms with van der Waals surface area (Å²) in [5, 5.41) is 3.30. The van der Waals surface area contributed by atoms with Gasteiger partial charge in [0.1, 0.15) is 17.8 Å². The summed E-state index contributed by atoms with van der Waals surface area (Å²) in [6, 6.07) is 7.74. The quantitative estimate of drug-likeness (QED) is 0.662. The number of ether oxygens (including phenoxy) is 2. The number of benzene rings is 1. The molecule has 5 heteroatoms. The summed E-state index contributed by atoms with van der Waals surface area (Å²) in [7, 11) is 0. The van der Waals surface area contributed by atoms with Crippen molar-refractivity contribution in [1.29, 1.82) is 0 Å². The van der Waals surface area contributed by atoms with Gasteiger partial charge in [0, 0.05) is 34.9 Å². The highest BCUT2D eigenvalue weighted by Gasteiger charge is 2.45. The van der Waals surface area contributed by atoms with Gasteiger partial charge < -0.3 is 14.8 Å². The summed E-state index contributed by atoms with van der Waals surface area (Å²) in [5.41, 5.74) is 3.06. The molecule has 3 aliphatic rings. The number of nitrogens with one attached hydrogen (secondary N) is 1. The molecule has 2 aliphatic carbocycles. The molecular formula is C26H33NO4. The first-order valence-corrected chi connectivity index (χ1v) is 11.6. The molecule has 4 rings (SSSR count). The molecule has 166 valence electrons. The van der Waals surface area contributed by atoms with E-state index in [0.717, 1.165) is 49.8 Å². The fourth-order valence-corrected chi connectivity index (χ4v) is 5.13. The zero-order chi connectivity index (χ0) is 22.0. The van der Waals surface area contributed by atoms with Gasteiger partial charge in [0.2, 0.25) is 0 Å². The number of para-hydroxylation sites is 1. The van der Waals surface area contributed by atoms with Crippen LogP contribution in [0.3, 0.4) is 0 Å². The van der Waals surface area contributed by atoms with Gasteiger partial charge in [0.05, 0.1) is 6.10 Å². The van der Waals surface area contributed by atoms with E-state index in [4.69, 9.17) is 9.47 Å². The normalized spacial score (nSPS) is 24.6. The van der Waals surface area contributed by atoms with Crippen LogP contribution >= 0.6 is 0 Å². The smallest absolute Gasteiger partial charge is 0.316 e. The van der Waals surface area contributed by atoms with Crippen LogP contribution in [0, 0.1) is 5.92 Å². The highest BCUT2D eigenvalue weighted by atomic mass is 16.5. The molecule has 1 aromatic rings. The Kier molecular flexibility index (Phi) is 6.49. The molecule has 5 nitrogen and oxygen atoms in total. The van der Waals surface area contributed by atoms with E-state index in [1.165, 1.54) is 6.42 Å². The fraction of sp³-hybridized carbons (Fsp3) is 0.538. The van der Waals surface area contributed by atoms with Crippen LogP contribution in [0.5, 0.6) is 5.75 Å². The third-order valence-corrected chi connectivity index (χ3v) is 6.49. The van der Waals surface area contributed by atoms with Crippen molar-refractivity contribution in [3.05, 3.63) is 53.4 Å². The number of carbonyl (C=O) groups is 2. The SMILES string of the molecule is C=C1NC2=C(C(=O)CCC2)C(c2ccccc2OC(C)C)C1C(=O)OC1CCCCC1. The zero-order valence-electron chi connectivity index (χ0n) is 18.6. The molecule has 0 radical (unpaired) electrons. The lowest BCUT2D eigenvalue weighted by Crippen LogP contribution is -2.42. The summed E-state index contributed by atoms with van der Waals surface area (Å²) in [4.78, 5) is 26.6. The second-order valence-electron chi connectivity index (χ2n) is 9.18. The Bertz CT molecular complexity index is 894. The Morgan fingerprint density at radius 2 is 1.84 bits per heavy atom. The minimum absolute atomic E-state index is 0.0192. The first-order valence-electron chi connectivity index (χ1n) is 11.6. The van der Waals surface area contributed by atoms with Gasteiger partial charge in [-0.3, -0.25) is 9.59 Å². The summed E-state index contributed by atoms with van der Waals surface area (Å²) in [6.07, 6.45) is 7.21. The van der Waals surface area contributed by atoms with Crippen molar-refractivity contribution in [2.45, 2.75) is 83.3 Å². The molecular weight excluding hydrogens is 390 g/mol. The fourth-order valence-electron chi connectivity index (χ4n) is 5.13. The van der Waals surface area contributed by atoms with Crippen LogP contribution in [0.1, 0.15) is 76.7 Å². The van der Waals surface area contributed by atoms with Crippen molar-refractivity contribution in [3.63, 3.8) is 0 Å². The lowest BCUT2D eigenvalue weighted by Gasteiger charge is -2.39. The van der Waals surface area contributed by atoms with Crippen LogP contribution in [0.4, 0.5) is 0 Å². The van der Waals surface area contributed by atoms with Gasteiger partial charge >= 0.3 is 5.97 Å². The summed E-state index contributed by atoms with van der Waals surface area (Å²) >= 11 is 0. The van der Waals surface area contributed by atoms with E-state index in [9.17, 15) is 9.59 Å². The highest BCUT2D eigenvalue weighted by Crippen LogP contribution is 2.47. The first-order chi connectivity index (χ1) is 15.0. The largest absolute Gasteiger partial charge is 0.491 e. The van der Waals surface area contributed by atoms with E-state index in [0.29, 0.717) is 23.4 Å². The molecule has 1 fully saturated rings. The van der Waals surface area contributed by atoms with Crippen molar-refractivity contribution in [1.82, 2.24) is 5.32 Å². The van der Waals surface area contributed by atoms with E-state index >= 15 is 0 Å². The maximum Gasteiger partial charge on any atom is 0.316 e. The predicted octanol–water partition coefficient (Wildman–Crippen LogP) is 5.17. The summed E-state index contributed by atoms with van der Waals surface area (Å²) < 4.78 is 12.1. The molecule has 0 spiro atoms. The Hall–Kier alpha value is -2.56. The maximum atomic E-state index is 13.5. The number of allylic oxidation sites excluding steroid dienone is 2. The molecule has 1 aliphatic heterocycles. The third kappa shape index (κ3) is 4.56. The average Bonchev–Trinajstić information content (AvgIpc) is 2.73. The molecule has 0 aromatic heterocycles. The average molecular weight is 424 g/mol. The lowest BCUT2D eigenvalue weighted by atomic mass is 9.71. The topological polar surface area (TPSA) is 64.6 Å². The Morgan fingerprint density at radius 1 is 1.10 bits per heavy atom. The van der Waals surface area contributed by atoms with Crippen LogP contribution in [-0.2, 0) is 14.3 Å². The van der Waals surface area contributed by atoms with Crippen LogP contribution < -0.4 is 10.1 Å². The minimum Gasteiger partial charge on any atom is -0.491 e. The maximum absolute atomic E-state index is 13.5. The zero-order valence-corrected chi connectivity index (χ0v) is 18.6. The first kappa shape index (κ1) is 21.7. The summed E-state index contributed by atoms with van der Waals surface area (Å²) in [5.74, 6) is -0.583. The number of hydrogen-bond donors (Lipinski definition) is 1. The van der Waals surface area contributed by atoms with Gasteiger partial charge in [-0.05, 0) is 58.4 Å². The van der Waals surface area contributed by atoms with Gasteiger partial charge in [-0.15, -0.1) is 0 Å². The predicted molar refractivity (Wildman–Crippen MR) is 120 cm³/mol. The van der Waals surface area contributed by atoms with Crippen molar-refractivity contribution in [3.8, 4) is 5.75 Å². The number of ketones is 1. The Morgan fingerprint density at radius 3 is 2.58 bits per heavy atom. The Balaban J connectivity index is 1.76. The monoisotopic (exact) mass is 423 g/mol. The van der Waals surface area contributed by atoms with E-state index in [2.05, 4.69) is 11.9 Å². The number of rotatable bonds is 5.